The van der Waals surface area contributed by atoms with Crippen LogP contribution in [-0.4, -0.2) is 30.0 Å². The van der Waals surface area contributed by atoms with Gasteiger partial charge in [0, 0.05) is 31.7 Å². The second-order valence-electron chi connectivity index (χ2n) is 6.40. The number of nitrogens with zero attached hydrogens (tertiary/aromatic N) is 2. The molecule has 4 nitrogen and oxygen atoms in total. The Balaban J connectivity index is 1.45. The minimum absolute atomic E-state index is 0.245. The van der Waals surface area contributed by atoms with Crippen molar-refractivity contribution in [3.8, 4) is 0 Å². The maximum absolute atomic E-state index is 12.2. The fourth-order valence-electron chi connectivity index (χ4n) is 3.57. The predicted molar refractivity (Wildman–Crippen MR) is 84.2 cm³/mol. The molecule has 0 spiro atoms. The van der Waals surface area contributed by atoms with E-state index in [2.05, 4.69) is 15.2 Å². The third kappa shape index (κ3) is 3.96. The fourth-order valence-corrected chi connectivity index (χ4v) is 3.57. The summed E-state index contributed by atoms with van der Waals surface area (Å²) in [5, 5.41) is 3.22. The summed E-state index contributed by atoms with van der Waals surface area (Å²) in [6.07, 6.45) is 9.98. The number of amides is 1. The fraction of sp³-hybridized carbons (Fsp3) is 0.647. The molecule has 1 aliphatic carbocycles. The van der Waals surface area contributed by atoms with Crippen molar-refractivity contribution in [3.63, 3.8) is 0 Å². The zero-order valence-electron chi connectivity index (χ0n) is 12.6. The molecule has 1 atom stereocenters. The highest BCUT2D eigenvalue weighted by molar-refractivity contribution is 5.76. The maximum Gasteiger partial charge on any atom is 0.220 e. The van der Waals surface area contributed by atoms with E-state index in [0.29, 0.717) is 5.92 Å². The van der Waals surface area contributed by atoms with E-state index in [9.17, 15) is 4.79 Å². The lowest BCUT2D eigenvalue weighted by atomic mass is 9.87. The summed E-state index contributed by atoms with van der Waals surface area (Å²) in [5.41, 5.74) is 0. The highest BCUT2D eigenvalue weighted by Crippen LogP contribution is 2.26. The molecule has 1 aromatic rings. The lowest BCUT2D eigenvalue weighted by Crippen LogP contribution is -2.38. The largest absolute Gasteiger partial charge is 0.354 e. The second kappa shape index (κ2) is 6.92. The van der Waals surface area contributed by atoms with Crippen molar-refractivity contribution in [2.24, 2.45) is 5.92 Å². The minimum atomic E-state index is 0.245. The number of anilines is 1. The second-order valence-corrected chi connectivity index (χ2v) is 6.40. The Morgan fingerprint density at radius 2 is 2.10 bits per heavy atom. The smallest absolute Gasteiger partial charge is 0.220 e. The molecule has 2 fully saturated rings. The Labute approximate surface area is 126 Å². The van der Waals surface area contributed by atoms with Crippen LogP contribution in [0.2, 0.25) is 0 Å². The van der Waals surface area contributed by atoms with E-state index in [1.54, 1.807) is 0 Å². The molecule has 4 heteroatoms. The summed E-state index contributed by atoms with van der Waals surface area (Å²) >= 11 is 0. The Kier molecular flexibility index (Phi) is 4.73. The van der Waals surface area contributed by atoms with Crippen LogP contribution in [0.15, 0.2) is 24.4 Å². The summed E-state index contributed by atoms with van der Waals surface area (Å²) < 4.78 is 0. The number of hydrogen-bond acceptors (Lipinski definition) is 3. The molecule has 1 aliphatic heterocycles. The lowest BCUT2D eigenvalue weighted by molar-refractivity contribution is -0.122. The Morgan fingerprint density at radius 1 is 1.24 bits per heavy atom. The molecule has 0 aromatic carbocycles. The van der Waals surface area contributed by atoms with Crippen molar-refractivity contribution in [1.29, 1.82) is 0 Å². The first kappa shape index (κ1) is 14.4. The number of pyridine rings is 1. The highest BCUT2D eigenvalue weighted by Gasteiger charge is 2.25. The van der Waals surface area contributed by atoms with E-state index in [0.717, 1.165) is 31.7 Å². The molecular weight excluding hydrogens is 262 g/mol. The van der Waals surface area contributed by atoms with Crippen LogP contribution < -0.4 is 10.2 Å². The van der Waals surface area contributed by atoms with Gasteiger partial charge in [-0.05, 0) is 37.3 Å². The Hall–Kier alpha value is -1.58. The van der Waals surface area contributed by atoms with E-state index < -0.39 is 0 Å². The number of rotatable bonds is 4. The SMILES string of the molecule is O=C(CC1CCCCC1)NC1CCN(c2ccccn2)C1. The summed E-state index contributed by atoms with van der Waals surface area (Å²) in [4.78, 5) is 18.8. The normalized spacial score (nSPS) is 23.2. The number of carbonyl (C=O) groups is 1. The summed E-state index contributed by atoms with van der Waals surface area (Å²) in [6, 6.07) is 6.26. The number of carbonyl (C=O) groups excluding carboxylic acids is 1. The summed E-state index contributed by atoms with van der Waals surface area (Å²) in [7, 11) is 0. The van der Waals surface area contributed by atoms with E-state index >= 15 is 0 Å². The van der Waals surface area contributed by atoms with Crippen LogP contribution in [0, 0.1) is 5.92 Å². The first-order valence-electron chi connectivity index (χ1n) is 8.26. The Morgan fingerprint density at radius 3 is 2.86 bits per heavy atom. The molecule has 114 valence electrons. The molecule has 1 N–H and O–H groups in total. The van der Waals surface area contributed by atoms with Crippen molar-refractivity contribution >= 4 is 11.7 Å². The standard InChI is InChI=1S/C17H25N3O/c21-17(12-14-6-2-1-3-7-14)19-15-9-11-20(13-15)16-8-4-5-10-18-16/h4-5,8,10,14-15H,1-3,6-7,9,11-13H2,(H,19,21). The van der Waals surface area contributed by atoms with Gasteiger partial charge in [0.05, 0.1) is 0 Å². The van der Waals surface area contributed by atoms with Gasteiger partial charge in [-0.3, -0.25) is 4.79 Å². The molecular formula is C17H25N3O. The maximum atomic E-state index is 12.2. The molecule has 1 unspecified atom stereocenters. The third-order valence-electron chi connectivity index (χ3n) is 4.73. The van der Waals surface area contributed by atoms with E-state index in [1.807, 2.05) is 24.4 Å². The number of aromatic nitrogens is 1. The predicted octanol–water partition coefficient (Wildman–Crippen LogP) is 2.75. The molecule has 2 heterocycles. The quantitative estimate of drug-likeness (QED) is 0.926. The van der Waals surface area contributed by atoms with Gasteiger partial charge < -0.3 is 10.2 Å². The molecule has 1 saturated heterocycles. The first-order chi connectivity index (χ1) is 10.3. The average molecular weight is 287 g/mol. The van der Waals surface area contributed by atoms with Gasteiger partial charge in [0.15, 0.2) is 0 Å². The van der Waals surface area contributed by atoms with Gasteiger partial charge in [0.1, 0.15) is 5.82 Å². The number of hydrogen-bond donors (Lipinski definition) is 1. The minimum Gasteiger partial charge on any atom is -0.354 e. The van der Waals surface area contributed by atoms with Gasteiger partial charge in [0.25, 0.3) is 0 Å². The highest BCUT2D eigenvalue weighted by atomic mass is 16.1. The van der Waals surface area contributed by atoms with Crippen LogP contribution in [0.3, 0.4) is 0 Å². The van der Waals surface area contributed by atoms with Gasteiger partial charge in [-0.15, -0.1) is 0 Å². The van der Waals surface area contributed by atoms with Crippen LogP contribution in [0.25, 0.3) is 0 Å². The molecule has 3 rings (SSSR count). The molecule has 0 radical (unpaired) electrons. The lowest BCUT2D eigenvalue weighted by Gasteiger charge is -2.22. The molecule has 0 bridgehead atoms. The van der Waals surface area contributed by atoms with Gasteiger partial charge in [0.2, 0.25) is 5.91 Å². The van der Waals surface area contributed by atoms with Gasteiger partial charge in [-0.2, -0.15) is 0 Å². The van der Waals surface area contributed by atoms with Crippen molar-refractivity contribution < 1.29 is 4.79 Å². The van der Waals surface area contributed by atoms with E-state index in [4.69, 9.17) is 0 Å². The zero-order valence-corrected chi connectivity index (χ0v) is 12.6. The Bertz CT molecular complexity index is 456. The zero-order chi connectivity index (χ0) is 14.5. The van der Waals surface area contributed by atoms with Crippen molar-refractivity contribution in [1.82, 2.24) is 10.3 Å². The summed E-state index contributed by atoms with van der Waals surface area (Å²) in [6.45, 7) is 1.86. The van der Waals surface area contributed by atoms with Crippen LogP contribution in [0.1, 0.15) is 44.9 Å². The van der Waals surface area contributed by atoms with Crippen molar-refractivity contribution in [2.75, 3.05) is 18.0 Å². The third-order valence-corrected chi connectivity index (χ3v) is 4.73. The monoisotopic (exact) mass is 287 g/mol. The van der Waals surface area contributed by atoms with Crippen molar-refractivity contribution in [3.05, 3.63) is 24.4 Å². The van der Waals surface area contributed by atoms with Gasteiger partial charge >= 0.3 is 0 Å². The van der Waals surface area contributed by atoms with Gasteiger partial charge in [-0.25, -0.2) is 4.98 Å². The van der Waals surface area contributed by atoms with Crippen molar-refractivity contribution in [2.45, 2.75) is 51.0 Å². The first-order valence-corrected chi connectivity index (χ1v) is 8.26. The number of nitrogens with one attached hydrogen (secondary N) is 1. The van der Waals surface area contributed by atoms with Crippen LogP contribution in [0.4, 0.5) is 5.82 Å². The molecule has 1 aromatic heterocycles. The molecule has 1 saturated carbocycles. The van der Waals surface area contributed by atoms with Gasteiger partial charge in [-0.1, -0.05) is 25.3 Å². The topological polar surface area (TPSA) is 45.2 Å². The molecule has 1 amide bonds. The van der Waals surface area contributed by atoms with E-state index in [1.165, 1.54) is 32.1 Å². The molecule has 21 heavy (non-hydrogen) atoms. The van der Waals surface area contributed by atoms with Crippen LogP contribution in [-0.2, 0) is 4.79 Å². The van der Waals surface area contributed by atoms with Crippen LogP contribution >= 0.6 is 0 Å². The van der Waals surface area contributed by atoms with Crippen LogP contribution in [0.5, 0.6) is 0 Å². The molecule has 2 aliphatic rings. The summed E-state index contributed by atoms with van der Waals surface area (Å²) in [5.74, 6) is 1.88. The average Bonchev–Trinajstić information content (AvgIpc) is 2.97. The van der Waals surface area contributed by atoms with E-state index in [-0.39, 0.29) is 11.9 Å².